The zero-order valence-corrected chi connectivity index (χ0v) is 11.4. The van der Waals surface area contributed by atoms with E-state index in [0.717, 1.165) is 18.8 Å². The number of aromatic nitrogens is 2. The lowest BCUT2D eigenvalue weighted by Crippen LogP contribution is -2.27. The first kappa shape index (κ1) is 14.4. The van der Waals surface area contributed by atoms with Crippen molar-refractivity contribution in [3.63, 3.8) is 0 Å². The van der Waals surface area contributed by atoms with E-state index in [0.29, 0.717) is 5.69 Å². The molecule has 1 heterocycles. The van der Waals surface area contributed by atoms with Crippen molar-refractivity contribution < 1.29 is 4.79 Å². The van der Waals surface area contributed by atoms with Gasteiger partial charge in [-0.05, 0) is 25.5 Å². The predicted octanol–water partition coefficient (Wildman–Crippen LogP) is 0.352. The molecule has 0 aliphatic heterocycles. The van der Waals surface area contributed by atoms with Crippen molar-refractivity contribution in [3.8, 4) is 0 Å². The zero-order valence-electron chi connectivity index (χ0n) is 11.4. The van der Waals surface area contributed by atoms with Gasteiger partial charge in [0.15, 0.2) is 11.5 Å². The molecule has 0 fully saturated rings. The SMILES string of the molecule is CC(N)CCN(C)c1ccc(C(=O)N(C)C)nn1. The molecule has 0 bridgehead atoms. The molecular weight excluding hydrogens is 230 g/mol. The van der Waals surface area contributed by atoms with Gasteiger partial charge in [-0.2, -0.15) is 0 Å². The van der Waals surface area contributed by atoms with Gasteiger partial charge in [0, 0.05) is 33.7 Å². The van der Waals surface area contributed by atoms with Crippen molar-refractivity contribution >= 4 is 11.7 Å². The quantitative estimate of drug-likeness (QED) is 0.817. The Morgan fingerprint density at radius 3 is 2.44 bits per heavy atom. The molecule has 0 aliphatic carbocycles. The highest BCUT2D eigenvalue weighted by Crippen LogP contribution is 2.09. The fourth-order valence-corrected chi connectivity index (χ4v) is 1.38. The van der Waals surface area contributed by atoms with E-state index in [1.807, 2.05) is 18.9 Å². The average molecular weight is 251 g/mol. The Balaban J connectivity index is 2.67. The van der Waals surface area contributed by atoms with Crippen LogP contribution in [-0.2, 0) is 0 Å². The maximum atomic E-state index is 11.6. The topological polar surface area (TPSA) is 75.3 Å². The number of amides is 1. The lowest BCUT2D eigenvalue weighted by Gasteiger charge is -2.18. The Labute approximate surface area is 108 Å². The predicted molar refractivity (Wildman–Crippen MR) is 71.6 cm³/mol. The van der Waals surface area contributed by atoms with Gasteiger partial charge in [-0.25, -0.2) is 0 Å². The number of carbonyl (C=O) groups is 1. The van der Waals surface area contributed by atoms with E-state index in [4.69, 9.17) is 5.73 Å². The Morgan fingerprint density at radius 2 is 2.00 bits per heavy atom. The van der Waals surface area contributed by atoms with Crippen LogP contribution in [0.5, 0.6) is 0 Å². The van der Waals surface area contributed by atoms with Crippen LogP contribution >= 0.6 is 0 Å². The summed E-state index contributed by atoms with van der Waals surface area (Å²) >= 11 is 0. The summed E-state index contributed by atoms with van der Waals surface area (Å²) in [5, 5.41) is 7.98. The summed E-state index contributed by atoms with van der Waals surface area (Å²) in [6.45, 7) is 2.78. The van der Waals surface area contributed by atoms with Crippen molar-refractivity contribution in [1.29, 1.82) is 0 Å². The molecule has 1 amide bonds. The van der Waals surface area contributed by atoms with Gasteiger partial charge in [-0.1, -0.05) is 0 Å². The van der Waals surface area contributed by atoms with E-state index in [2.05, 4.69) is 10.2 Å². The maximum Gasteiger partial charge on any atom is 0.273 e. The second kappa shape index (κ2) is 6.30. The van der Waals surface area contributed by atoms with Crippen LogP contribution in [0.3, 0.4) is 0 Å². The first-order valence-electron chi connectivity index (χ1n) is 5.94. The van der Waals surface area contributed by atoms with E-state index in [1.165, 1.54) is 4.90 Å². The Bertz CT molecular complexity index is 388. The Morgan fingerprint density at radius 1 is 1.33 bits per heavy atom. The molecule has 1 unspecified atom stereocenters. The molecule has 6 nitrogen and oxygen atoms in total. The average Bonchev–Trinajstić information content (AvgIpc) is 2.35. The van der Waals surface area contributed by atoms with Crippen LogP contribution in [0.4, 0.5) is 5.82 Å². The van der Waals surface area contributed by atoms with E-state index in [-0.39, 0.29) is 11.9 Å². The smallest absolute Gasteiger partial charge is 0.273 e. The van der Waals surface area contributed by atoms with Gasteiger partial charge in [-0.15, -0.1) is 10.2 Å². The van der Waals surface area contributed by atoms with Crippen LogP contribution in [-0.4, -0.2) is 54.7 Å². The van der Waals surface area contributed by atoms with Crippen molar-refractivity contribution in [3.05, 3.63) is 17.8 Å². The summed E-state index contributed by atoms with van der Waals surface area (Å²) < 4.78 is 0. The number of hydrogen-bond acceptors (Lipinski definition) is 5. The minimum Gasteiger partial charge on any atom is -0.358 e. The molecule has 0 radical (unpaired) electrons. The van der Waals surface area contributed by atoms with Crippen molar-refractivity contribution in [2.45, 2.75) is 19.4 Å². The van der Waals surface area contributed by atoms with E-state index < -0.39 is 0 Å². The normalized spacial score (nSPS) is 12.1. The molecule has 1 rings (SSSR count). The number of nitrogens with zero attached hydrogens (tertiary/aromatic N) is 4. The summed E-state index contributed by atoms with van der Waals surface area (Å²) in [6, 6.07) is 3.65. The number of carbonyl (C=O) groups excluding carboxylic acids is 1. The molecule has 6 heteroatoms. The highest BCUT2D eigenvalue weighted by molar-refractivity contribution is 5.91. The molecule has 18 heavy (non-hydrogen) atoms. The van der Waals surface area contributed by atoms with Crippen LogP contribution < -0.4 is 10.6 Å². The minimum absolute atomic E-state index is 0.146. The summed E-state index contributed by atoms with van der Waals surface area (Å²) in [6.07, 6.45) is 0.885. The van der Waals surface area contributed by atoms with Gasteiger partial charge in [0.1, 0.15) is 0 Å². The maximum absolute atomic E-state index is 11.6. The van der Waals surface area contributed by atoms with Crippen LogP contribution in [0, 0.1) is 0 Å². The lowest BCUT2D eigenvalue weighted by atomic mass is 10.2. The van der Waals surface area contributed by atoms with Crippen LogP contribution in [0.1, 0.15) is 23.8 Å². The Hall–Kier alpha value is -1.69. The molecule has 0 saturated carbocycles. The number of anilines is 1. The molecule has 2 N–H and O–H groups in total. The van der Waals surface area contributed by atoms with E-state index >= 15 is 0 Å². The third-order valence-electron chi connectivity index (χ3n) is 2.59. The lowest BCUT2D eigenvalue weighted by molar-refractivity contribution is 0.0821. The van der Waals surface area contributed by atoms with Gasteiger partial charge < -0.3 is 15.5 Å². The number of hydrogen-bond donors (Lipinski definition) is 1. The number of rotatable bonds is 5. The van der Waals surface area contributed by atoms with E-state index in [9.17, 15) is 4.79 Å². The standard InChI is InChI=1S/C12H21N5O/c1-9(13)7-8-17(4)11-6-5-10(14-15-11)12(18)16(2)3/h5-6,9H,7-8,13H2,1-4H3. The van der Waals surface area contributed by atoms with Gasteiger partial charge >= 0.3 is 0 Å². The highest BCUT2D eigenvalue weighted by Gasteiger charge is 2.11. The first-order valence-corrected chi connectivity index (χ1v) is 5.94. The molecule has 0 spiro atoms. The van der Waals surface area contributed by atoms with Crippen molar-refractivity contribution in [1.82, 2.24) is 15.1 Å². The van der Waals surface area contributed by atoms with E-state index in [1.54, 1.807) is 26.2 Å². The van der Waals surface area contributed by atoms with Crippen LogP contribution in [0.25, 0.3) is 0 Å². The third kappa shape index (κ3) is 3.96. The summed E-state index contributed by atoms with van der Waals surface area (Å²) in [7, 11) is 5.30. The fraction of sp³-hybridized carbons (Fsp3) is 0.583. The highest BCUT2D eigenvalue weighted by atomic mass is 16.2. The summed E-state index contributed by atoms with van der Waals surface area (Å²) in [5.41, 5.74) is 6.05. The van der Waals surface area contributed by atoms with Crippen LogP contribution in [0.2, 0.25) is 0 Å². The zero-order chi connectivity index (χ0) is 13.7. The third-order valence-corrected chi connectivity index (χ3v) is 2.59. The first-order chi connectivity index (χ1) is 8.41. The monoisotopic (exact) mass is 251 g/mol. The van der Waals surface area contributed by atoms with Gasteiger partial charge in [0.25, 0.3) is 5.91 Å². The Kier molecular flexibility index (Phi) is 5.03. The second-order valence-corrected chi connectivity index (χ2v) is 4.66. The van der Waals surface area contributed by atoms with Gasteiger partial charge in [0.05, 0.1) is 0 Å². The number of nitrogens with two attached hydrogens (primary N) is 1. The molecule has 0 aromatic carbocycles. The largest absolute Gasteiger partial charge is 0.358 e. The van der Waals surface area contributed by atoms with Gasteiger partial charge in [0.2, 0.25) is 0 Å². The summed E-state index contributed by atoms with van der Waals surface area (Å²) in [5.74, 6) is 0.596. The molecular formula is C12H21N5O. The molecule has 1 atom stereocenters. The minimum atomic E-state index is -0.146. The molecule has 100 valence electrons. The van der Waals surface area contributed by atoms with Crippen molar-refractivity contribution in [2.75, 3.05) is 32.6 Å². The molecule has 0 saturated heterocycles. The van der Waals surface area contributed by atoms with Gasteiger partial charge in [-0.3, -0.25) is 4.79 Å². The molecule has 0 aliphatic rings. The molecule has 1 aromatic heterocycles. The fourth-order valence-electron chi connectivity index (χ4n) is 1.38. The van der Waals surface area contributed by atoms with Crippen LogP contribution in [0.15, 0.2) is 12.1 Å². The summed E-state index contributed by atoms with van der Waals surface area (Å²) in [4.78, 5) is 15.1. The molecule has 1 aromatic rings. The van der Waals surface area contributed by atoms with Crippen molar-refractivity contribution in [2.24, 2.45) is 5.73 Å². The second-order valence-electron chi connectivity index (χ2n) is 4.66.